The van der Waals surface area contributed by atoms with E-state index in [1.165, 1.54) is 0 Å². The van der Waals surface area contributed by atoms with Crippen molar-refractivity contribution in [3.8, 4) is 0 Å². The molecule has 0 amide bonds. The molecule has 5 heteroatoms. The zero-order valence-corrected chi connectivity index (χ0v) is 8.72. The summed E-state index contributed by atoms with van der Waals surface area (Å²) in [6.45, 7) is 3.59. The fourth-order valence-electron chi connectivity index (χ4n) is 2.20. The molecular weight excluding hydrogens is 189 g/mol. The van der Waals surface area contributed by atoms with Crippen LogP contribution in [0.4, 0.5) is 0 Å². The van der Waals surface area contributed by atoms with E-state index in [0.29, 0.717) is 13.2 Å². The van der Waals surface area contributed by atoms with Crippen molar-refractivity contribution < 1.29 is 14.0 Å². The van der Waals surface area contributed by atoms with Gasteiger partial charge in [-0.15, -0.1) is 0 Å². The second kappa shape index (κ2) is 3.06. The summed E-state index contributed by atoms with van der Waals surface area (Å²) in [5, 5.41) is 3.18. The molecule has 2 fully saturated rings. The van der Waals surface area contributed by atoms with Crippen molar-refractivity contribution in [2.24, 2.45) is 5.41 Å². The number of nitrogens with one attached hydrogen (secondary N) is 1. The highest BCUT2D eigenvalue weighted by molar-refractivity contribution is 7.53. The van der Waals surface area contributed by atoms with E-state index in [9.17, 15) is 9.46 Å². The maximum atomic E-state index is 11.8. The topological polar surface area (TPSA) is 58.6 Å². The standard InChI is InChI=1S/C8H16NO3P/c1-2-12-13(10,11)7-5-9-6-8(7)3-4-8/h7,9H,2-6H2,1H3,(H,10,11). The van der Waals surface area contributed by atoms with Gasteiger partial charge < -0.3 is 14.7 Å². The van der Waals surface area contributed by atoms with Crippen molar-refractivity contribution in [2.45, 2.75) is 25.4 Å². The van der Waals surface area contributed by atoms with Crippen LogP contribution in [0.1, 0.15) is 19.8 Å². The molecule has 1 saturated carbocycles. The molecule has 13 heavy (non-hydrogen) atoms. The highest BCUT2D eigenvalue weighted by atomic mass is 31.2. The van der Waals surface area contributed by atoms with Crippen LogP contribution in [-0.2, 0) is 9.09 Å². The third kappa shape index (κ3) is 1.57. The molecule has 0 aromatic rings. The van der Waals surface area contributed by atoms with Gasteiger partial charge in [0.15, 0.2) is 0 Å². The molecular formula is C8H16NO3P. The molecule has 0 radical (unpaired) electrons. The van der Waals surface area contributed by atoms with Crippen molar-refractivity contribution in [1.82, 2.24) is 5.32 Å². The normalized spacial score (nSPS) is 34.8. The number of hydrogen-bond donors (Lipinski definition) is 2. The van der Waals surface area contributed by atoms with Gasteiger partial charge in [-0.1, -0.05) is 0 Å². The van der Waals surface area contributed by atoms with E-state index >= 15 is 0 Å². The van der Waals surface area contributed by atoms with Crippen LogP contribution in [0.25, 0.3) is 0 Å². The molecule has 0 aromatic carbocycles. The SMILES string of the molecule is CCOP(=O)(O)C1CNCC12CC2. The molecule has 2 aliphatic rings. The Kier molecular flexibility index (Phi) is 2.27. The molecule has 4 nitrogen and oxygen atoms in total. The molecule has 2 unspecified atom stereocenters. The molecule has 2 N–H and O–H groups in total. The van der Waals surface area contributed by atoms with Gasteiger partial charge in [0, 0.05) is 13.1 Å². The van der Waals surface area contributed by atoms with Gasteiger partial charge in [0.05, 0.1) is 12.3 Å². The lowest BCUT2D eigenvalue weighted by Crippen LogP contribution is -2.21. The van der Waals surface area contributed by atoms with Gasteiger partial charge in [0.25, 0.3) is 0 Å². The highest BCUT2D eigenvalue weighted by Crippen LogP contribution is 2.64. The largest absolute Gasteiger partial charge is 0.333 e. The minimum Gasteiger partial charge on any atom is -0.324 e. The maximum absolute atomic E-state index is 11.8. The summed E-state index contributed by atoms with van der Waals surface area (Å²) < 4.78 is 16.7. The van der Waals surface area contributed by atoms with Crippen LogP contribution >= 0.6 is 7.60 Å². The van der Waals surface area contributed by atoms with Crippen molar-refractivity contribution >= 4 is 7.60 Å². The molecule has 2 rings (SSSR count). The number of hydrogen-bond acceptors (Lipinski definition) is 3. The van der Waals surface area contributed by atoms with Crippen LogP contribution in [0.5, 0.6) is 0 Å². The van der Waals surface area contributed by atoms with Gasteiger partial charge in [-0.05, 0) is 25.2 Å². The second-order valence-corrected chi connectivity index (χ2v) is 6.00. The van der Waals surface area contributed by atoms with E-state index in [0.717, 1.165) is 19.4 Å². The summed E-state index contributed by atoms with van der Waals surface area (Å²) in [7, 11) is -3.36. The molecule has 76 valence electrons. The van der Waals surface area contributed by atoms with Crippen molar-refractivity contribution in [2.75, 3.05) is 19.7 Å². The Morgan fingerprint density at radius 1 is 1.69 bits per heavy atom. The van der Waals surface area contributed by atoms with Gasteiger partial charge in [-0.25, -0.2) is 0 Å². The third-order valence-electron chi connectivity index (χ3n) is 3.12. The molecule has 1 aliphatic carbocycles. The Morgan fingerprint density at radius 2 is 2.38 bits per heavy atom. The van der Waals surface area contributed by atoms with Crippen LogP contribution in [0.15, 0.2) is 0 Å². The van der Waals surface area contributed by atoms with Crippen LogP contribution in [0.3, 0.4) is 0 Å². The number of rotatable bonds is 3. The first-order valence-corrected chi connectivity index (χ1v) is 6.43. The van der Waals surface area contributed by atoms with Crippen LogP contribution < -0.4 is 5.32 Å². The summed E-state index contributed by atoms with van der Waals surface area (Å²) in [4.78, 5) is 9.68. The predicted molar refractivity (Wildman–Crippen MR) is 49.8 cm³/mol. The summed E-state index contributed by atoms with van der Waals surface area (Å²) in [5.41, 5.74) is -0.0700. The zero-order chi connectivity index (χ0) is 9.53. The average molecular weight is 205 g/mol. The smallest absolute Gasteiger partial charge is 0.324 e. The van der Waals surface area contributed by atoms with E-state index < -0.39 is 7.60 Å². The predicted octanol–water partition coefficient (Wildman–Crippen LogP) is 0.960. The van der Waals surface area contributed by atoms with Crippen molar-refractivity contribution in [1.29, 1.82) is 0 Å². The van der Waals surface area contributed by atoms with Crippen molar-refractivity contribution in [3.05, 3.63) is 0 Å². The summed E-state index contributed by atoms with van der Waals surface area (Å²) in [6.07, 6.45) is 2.14. The average Bonchev–Trinajstić information content (AvgIpc) is 2.61. The fraction of sp³-hybridized carbons (Fsp3) is 1.00. The van der Waals surface area contributed by atoms with E-state index in [-0.39, 0.29) is 11.1 Å². The maximum Gasteiger partial charge on any atom is 0.333 e. The van der Waals surface area contributed by atoms with E-state index in [1.54, 1.807) is 6.92 Å². The van der Waals surface area contributed by atoms with E-state index in [4.69, 9.17) is 4.52 Å². The highest BCUT2D eigenvalue weighted by Gasteiger charge is 2.59. The van der Waals surface area contributed by atoms with Crippen molar-refractivity contribution in [3.63, 3.8) is 0 Å². The molecule has 2 atom stereocenters. The molecule has 0 bridgehead atoms. The minimum absolute atomic E-state index is 0.0967. The lowest BCUT2D eigenvalue weighted by Gasteiger charge is -2.22. The third-order valence-corrected chi connectivity index (χ3v) is 5.27. The molecule has 1 spiro atoms. The monoisotopic (exact) mass is 205 g/mol. The van der Waals surface area contributed by atoms with Crippen LogP contribution in [0.2, 0.25) is 0 Å². The summed E-state index contributed by atoms with van der Waals surface area (Å²) >= 11 is 0. The summed E-state index contributed by atoms with van der Waals surface area (Å²) in [6, 6.07) is 0. The van der Waals surface area contributed by atoms with E-state index in [1.807, 2.05) is 0 Å². The first-order valence-electron chi connectivity index (χ1n) is 4.78. The Balaban J connectivity index is 2.11. The lowest BCUT2D eigenvalue weighted by atomic mass is 10.1. The summed E-state index contributed by atoms with van der Waals surface area (Å²) in [5.74, 6) is 0. The van der Waals surface area contributed by atoms with Gasteiger partial charge in [0.1, 0.15) is 0 Å². The molecule has 1 aliphatic heterocycles. The molecule has 1 heterocycles. The first kappa shape index (κ1) is 9.66. The molecule has 1 saturated heterocycles. The Bertz CT molecular complexity index is 252. The Labute approximate surface area is 78.2 Å². The van der Waals surface area contributed by atoms with Gasteiger partial charge in [-0.3, -0.25) is 4.57 Å². The van der Waals surface area contributed by atoms with Crippen LogP contribution in [-0.4, -0.2) is 30.2 Å². The fourth-order valence-corrected chi connectivity index (χ4v) is 4.15. The van der Waals surface area contributed by atoms with Gasteiger partial charge >= 0.3 is 7.60 Å². The van der Waals surface area contributed by atoms with Gasteiger partial charge in [-0.2, -0.15) is 0 Å². The van der Waals surface area contributed by atoms with Gasteiger partial charge in [0.2, 0.25) is 0 Å². The molecule has 0 aromatic heterocycles. The van der Waals surface area contributed by atoms with Crippen LogP contribution in [0, 0.1) is 5.41 Å². The quantitative estimate of drug-likeness (QED) is 0.674. The Hall–Kier alpha value is 0.110. The minimum atomic E-state index is -3.36. The second-order valence-electron chi connectivity index (χ2n) is 3.99. The zero-order valence-electron chi connectivity index (χ0n) is 7.82. The Morgan fingerprint density at radius 3 is 2.92 bits per heavy atom. The van der Waals surface area contributed by atoms with E-state index in [2.05, 4.69) is 5.32 Å². The lowest BCUT2D eigenvalue weighted by molar-refractivity contribution is 0.257. The first-order chi connectivity index (χ1) is 6.11.